The van der Waals surface area contributed by atoms with E-state index in [-0.39, 0.29) is 11.3 Å². The van der Waals surface area contributed by atoms with Crippen LogP contribution in [-0.4, -0.2) is 40.1 Å². The van der Waals surface area contributed by atoms with E-state index < -0.39 is 0 Å². The minimum absolute atomic E-state index is 0.0196. The van der Waals surface area contributed by atoms with E-state index in [4.69, 9.17) is 4.74 Å². The number of nitrogens with zero attached hydrogens (tertiary/aromatic N) is 3. The van der Waals surface area contributed by atoms with E-state index in [1.165, 1.54) is 17.3 Å². The van der Waals surface area contributed by atoms with Crippen LogP contribution in [0.4, 0.5) is 0 Å². The van der Waals surface area contributed by atoms with Crippen LogP contribution in [0.15, 0.2) is 59.8 Å². The first-order valence-electron chi connectivity index (χ1n) is 9.60. The maximum atomic E-state index is 12.4. The average Bonchev–Trinajstić information content (AvgIpc) is 3.48. The second kappa shape index (κ2) is 8.29. The number of hydrogen-bond acceptors (Lipinski definition) is 5. The Morgan fingerprint density at radius 2 is 1.86 bits per heavy atom. The van der Waals surface area contributed by atoms with Crippen LogP contribution in [0.3, 0.4) is 0 Å². The summed E-state index contributed by atoms with van der Waals surface area (Å²) in [6.45, 7) is 0.687. The number of ether oxygens (including phenoxy) is 1. The smallest absolute Gasteiger partial charge is 0.230 e. The number of benzene rings is 2. The molecular formula is C22H24N4O2S. The van der Waals surface area contributed by atoms with Crippen LogP contribution in [-0.2, 0) is 17.3 Å². The summed E-state index contributed by atoms with van der Waals surface area (Å²) in [6, 6.07) is 18.1. The highest BCUT2D eigenvalue weighted by Gasteiger charge is 2.44. The first-order chi connectivity index (χ1) is 14.1. The highest BCUT2D eigenvalue weighted by Crippen LogP contribution is 2.47. The van der Waals surface area contributed by atoms with Crippen molar-refractivity contribution < 1.29 is 9.53 Å². The van der Waals surface area contributed by atoms with Crippen molar-refractivity contribution in [1.82, 2.24) is 20.1 Å². The number of amides is 1. The third-order valence-corrected chi connectivity index (χ3v) is 6.40. The molecule has 1 saturated carbocycles. The van der Waals surface area contributed by atoms with Gasteiger partial charge in [-0.05, 0) is 42.7 Å². The van der Waals surface area contributed by atoms with Gasteiger partial charge in [0.15, 0.2) is 11.0 Å². The summed E-state index contributed by atoms with van der Waals surface area (Å²) in [5, 5.41) is 12.3. The van der Waals surface area contributed by atoms with E-state index in [2.05, 4.69) is 39.8 Å². The van der Waals surface area contributed by atoms with Crippen molar-refractivity contribution in [3.63, 3.8) is 0 Å². The van der Waals surface area contributed by atoms with Gasteiger partial charge in [0, 0.05) is 24.6 Å². The molecule has 3 aromatic rings. The zero-order valence-electron chi connectivity index (χ0n) is 16.6. The van der Waals surface area contributed by atoms with Crippen molar-refractivity contribution in [1.29, 1.82) is 0 Å². The third kappa shape index (κ3) is 4.29. The maximum Gasteiger partial charge on any atom is 0.230 e. The predicted octanol–water partition coefficient (Wildman–Crippen LogP) is 3.43. The van der Waals surface area contributed by atoms with Crippen molar-refractivity contribution in [2.45, 2.75) is 23.4 Å². The molecule has 0 unspecified atom stereocenters. The van der Waals surface area contributed by atoms with Crippen LogP contribution in [0.25, 0.3) is 11.4 Å². The summed E-state index contributed by atoms with van der Waals surface area (Å²) in [6.07, 6.45) is 2.25. The Morgan fingerprint density at radius 3 is 2.52 bits per heavy atom. The van der Waals surface area contributed by atoms with Gasteiger partial charge in [-0.1, -0.05) is 42.1 Å². The molecule has 150 valence electrons. The fourth-order valence-corrected chi connectivity index (χ4v) is 4.13. The van der Waals surface area contributed by atoms with Gasteiger partial charge in [0.25, 0.3) is 0 Å². The minimum Gasteiger partial charge on any atom is -0.497 e. The molecule has 0 bridgehead atoms. The topological polar surface area (TPSA) is 69.0 Å². The molecule has 6 nitrogen and oxygen atoms in total. The largest absolute Gasteiger partial charge is 0.497 e. The van der Waals surface area contributed by atoms with Gasteiger partial charge in [0.2, 0.25) is 5.91 Å². The fraction of sp³-hybridized carbons (Fsp3) is 0.318. The lowest BCUT2D eigenvalue weighted by Crippen LogP contribution is -2.33. The fourth-order valence-electron chi connectivity index (χ4n) is 3.39. The number of thioether (sulfide) groups is 1. The van der Waals surface area contributed by atoms with Crippen LogP contribution < -0.4 is 10.1 Å². The summed E-state index contributed by atoms with van der Waals surface area (Å²) < 4.78 is 7.10. The molecule has 1 amide bonds. The highest BCUT2D eigenvalue weighted by atomic mass is 32.2. The molecule has 1 fully saturated rings. The molecule has 4 rings (SSSR count). The molecule has 1 N–H and O–H groups in total. The second-order valence-electron chi connectivity index (χ2n) is 7.31. The molecule has 1 aliphatic rings. The summed E-state index contributed by atoms with van der Waals surface area (Å²) in [5.74, 6) is 1.90. The van der Waals surface area contributed by atoms with Crippen LogP contribution in [0.2, 0.25) is 0 Å². The summed E-state index contributed by atoms with van der Waals surface area (Å²) in [4.78, 5) is 12.4. The second-order valence-corrected chi connectivity index (χ2v) is 8.25. The van der Waals surface area contributed by atoms with Gasteiger partial charge in [0.1, 0.15) is 5.75 Å². The highest BCUT2D eigenvalue weighted by molar-refractivity contribution is 7.99. The number of hydrogen-bond donors (Lipinski definition) is 1. The van der Waals surface area contributed by atoms with Gasteiger partial charge in [0.05, 0.1) is 12.9 Å². The van der Waals surface area contributed by atoms with Gasteiger partial charge in [-0.15, -0.1) is 10.2 Å². The van der Waals surface area contributed by atoms with Crippen molar-refractivity contribution >= 4 is 17.7 Å². The third-order valence-electron chi connectivity index (χ3n) is 5.38. The number of carbonyl (C=O) groups excluding carboxylic acids is 1. The maximum absolute atomic E-state index is 12.4. The zero-order valence-corrected chi connectivity index (χ0v) is 17.4. The van der Waals surface area contributed by atoms with Crippen LogP contribution in [0, 0.1) is 0 Å². The molecular weight excluding hydrogens is 384 g/mol. The van der Waals surface area contributed by atoms with Gasteiger partial charge in [-0.3, -0.25) is 4.79 Å². The Labute approximate surface area is 174 Å². The molecule has 0 spiro atoms. The Morgan fingerprint density at radius 1 is 1.14 bits per heavy atom. The van der Waals surface area contributed by atoms with Crippen LogP contribution in [0.1, 0.15) is 18.4 Å². The van der Waals surface area contributed by atoms with Crippen molar-refractivity contribution in [2.24, 2.45) is 7.05 Å². The number of rotatable bonds is 8. The van der Waals surface area contributed by atoms with E-state index in [0.717, 1.165) is 35.1 Å². The van der Waals surface area contributed by atoms with E-state index in [9.17, 15) is 4.79 Å². The Balaban J connectivity index is 1.32. The average molecular weight is 409 g/mol. The van der Waals surface area contributed by atoms with E-state index in [1.54, 1.807) is 7.11 Å². The number of nitrogens with one attached hydrogen (secondary N) is 1. The monoisotopic (exact) mass is 408 g/mol. The van der Waals surface area contributed by atoms with Crippen molar-refractivity contribution in [3.05, 3.63) is 60.2 Å². The lowest BCUT2D eigenvalue weighted by Gasteiger charge is -2.16. The lowest BCUT2D eigenvalue weighted by molar-refractivity contribution is -0.118. The molecule has 1 aromatic heterocycles. The number of aromatic nitrogens is 3. The Bertz CT molecular complexity index is 982. The van der Waals surface area contributed by atoms with Gasteiger partial charge in [-0.2, -0.15) is 0 Å². The normalized spacial score (nSPS) is 14.4. The SMILES string of the molecule is COc1ccc(-c2nnc(SCC(=O)NCC3(c4ccccc4)CC3)n2C)cc1. The Hall–Kier alpha value is -2.80. The van der Waals surface area contributed by atoms with Gasteiger partial charge in [-0.25, -0.2) is 0 Å². The quantitative estimate of drug-likeness (QED) is 0.579. The number of methoxy groups -OCH3 is 1. The predicted molar refractivity (Wildman–Crippen MR) is 114 cm³/mol. The lowest BCUT2D eigenvalue weighted by atomic mass is 9.96. The Kier molecular flexibility index (Phi) is 5.58. The molecule has 29 heavy (non-hydrogen) atoms. The molecule has 0 radical (unpaired) electrons. The van der Waals surface area contributed by atoms with Crippen LogP contribution >= 0.6 is 11.8 Å². The minimum atomic E-state index is 0.0196. The molecule has 2 aromatic carbocycles. The molecule has 0 aliphatic heterocycles. The molecule has 0 atom stereocenters. The molecule has 7 heteroatoms. The van der Waals surface area contributed by atoms with E-state index >= 15 is 0 Å². The zero-order chi connectivity index (χ0) is 20.3. The summed E-state index contributed by atoms with van der Waals surface area (Å²) >= 11 is 1.40. The first-order valence-corrected chi connectivity index (χ1v) is 10.6. The number of carbonyl (C=O) groups is 1. The molecule has 0 saturated heterocycles. The van der Waals surface area contributed by atoms with E-state index in [0.29, 0.717) is 12.3 Å². The standard InChI is InChI=1S/C22H24N4O2S/c1-26-20(16-8-10-18(28-2)11-9-16)24-25-21(26)29-14-19(27)23-15-22(12-13-22)17-6-4-3-5-7-17/h3-11H,12-15H2,1-2H3,(H,23,27). The summed E-state index contributed by atoms with van der Waals surface area (Å²) in [5.41, 5.74) is 2.38. The van der Waals surface area contributed by atoms with Gasteiger partial charge < -0.3 is 14.6 Å². The van der Waals surface area contributed by atoms with Crippen LogP contribution in [0.5, 0.6) is 5.75 Å². The molecule has 1 heterocycles. The molecule has 1 aliphatic carbocycles. The van der Waals surface area contributed by atoms with Crippen molar-refractivity contribution in [2.75, 3.05) is 19.4 Å². The van der Waals surface area contributed by atoms with E-state index in [1.807, 2.05) is 41.9 Å². The first kappa shape index (κ1) is 19.5. The van der Waals surface area contributed by atoms with Crippen molar-refractivity contribution in [3.8, 4) is 17.1 Å². The summed E-state index contributed by atoms with van der Waals surface area (Å²) in [7, 11) is 3.55. The van der Waals surface area contributed by atoms with Gasteiger partial charge >= 0.3 is 0 Å².